The van der Waals surface area contributed by atoms with Crippen molar-refractivity contribution in [1.82, 2.24) is 4.98 Å². The number of para-hydroxylation sites is 1. The molecule has 0 aliphatic rings. The number of carbonyl (C=O) groups excluding carboxylic acids is 1. The number of rotatable bonds is 6. The van der Waals surface area contributed by atoms with Crippen LogP contribution < -0.4 is 19.9 Å². The van der Waals surface area contributed by atoms with Gasteiger partial charge in [0, 0.05) is 23.3 Å². The topological polar surface area (TPSA) is 110 Å². The normalized spacial score (nSPS) is 9.89. The molecule has 1 aromatic heterocycles. The molecule has 0 unspecified atom stereocenters. The van der Waals surface area contributed by atoms with Gasteiger partial charge in [-0.2, -0.15) is 0 Å². The lowest BCUT2D eigenvalue weighted by molar-refractivity contribution is -0.117. The number of H-pyrrole nitrogens is 1. The fraction of sp³-hybridized carbons (Fsp3) is 0.200. The van der Waals surface area contributed by atoms with Crippen LogP contribution in [-0.2, 0) is 11.2 Å². The lowest BCUT2D eigenvalue weighted by Gasteiger charge is -2.12. The van der Waals surface area contributed by atoms with Crippen LogP contribution in [0.3, 0.4) is 0 Å². The van der Waals surface area contributed by atoms with Crippen molar-refractivity contribution in [1.29, 1.82) is 5.41 Å². The largest absolute Gasteiger partial charge is 0.493 e. The third-order valence-corrected chi connectivity index (χ3v) is 3.89. The van der Waals surface area contributed by atoms with Crippen LogP contribution in [-0.4, -0.2) is 38.4 Å². The van der Waals surface area contributed by atoms with Crippen molar-refractivity contribution in [2.24, 2.45) is 5.73 Å². The van der Waals surface area contributed by atoms with Crippen molar-refractivity contribution in [3.8, 4) is 17.2 Å². The predicted octanol–water partition coefficient (Wildman–Crippen LogP) is 2.91. The van der Waals surface area contributed by atoms with Crippen LogP contribution in [0.5, 0.6) is 17.2 Å². The first-order valence-corrected chi connectivity index (χ1v) is 8.17. The van der Waals surface area contributed by atoms with E-state index in [1.165, 1.54) is 6.21 Å². The van der Waals surface area contributed by atoms with E-state index < -0.39 is 0 Å². The van der Waals surface area contributed by atoms with E-state index >= 15 is 0 Å². The zero-order chi connectivity index (χ0) is 19.8. The number of primary amides is 1. The molecule has 7 nitrogen and oxygen atoms in total. The summed E-state index contributed by atoms with van der Waals surface area (Å²) in [6.07, 6.45) is 3.35. The Morgan fingerprint density at radius 2 is 1.74 bits per heavy atom. The Labute approximate surface area is 157 Å². The van der Waals surface area contributed by atoms with Gasteiger partial charge in [0.1, 0.15) is 0 Å². The number of benzene rings is 2. The molecule has 0 bridgehead atoms. The second-order valence-corrected chi connectivity index (χ2v) is 5.61. The van der Waals surface area contributed by atoms with Crippen LogP contribution in [0.25, 0.3) is 10.9 Å². The number of amides is 1. The van der Waals surface area contributed by atoms with Crippen molar-refractivity contribution in [2.75, 3.05) is 21.3 Å². The first-order valence-electron chi connectivity index (χ1n) is 8.17. The van der Waals surface area contributed by atoms with Crippen molar-refractivity contribution < 1.29 is 19.0 Å². The summed E-state index contributed by atoms with van der Waals surface area (Å²) in [5.74, 6) is 1.36. The lowest BCUT2D eigenvalue weighted by Crippen LogP contribution is -2.13. The number of aromatic nitrogens is 1. The molecule has 0 atom stereocenters. The van der Waals surface area contributed by atoms with E-state index in [-0.39, 0.29) is 5.91 Å². The molecule has 7 heteroatoms. The summed E-state index contributed by atoms with van der Waals surface area (Å²) in [6, 6.07) is 11.3. The van der Waals surface area contributed by atoms with Crippen molar-refractivity contribution in [3.63, 3.8) is 0 Å². The summed E-state index contributed by atoms with van der Waals surface area (Å²) < 4.78 is 15.4. The molecule has 0 aliphatic carbocycles. The Bertz CT molecular complexity index is 909. The number of nitrogens with two attached hydrogens (primary N) is 1. The Kier molecular flexibility index (Phi) is 6.82. The minimum absolute atomic E-state index is 0.296. The van der Waals surface area contributed by atoms with E-state index in [1.54, 1.807) is 33.5 Å². The molecule has 1 heterocycles. The molecule has 0 radical (unpaired) electrons. The third kappa shape index (κ3) is 4.78. The molecular weight excluding hydrogens is 346 g/mol. The monoisotopic (exact) mass is 369 g/mol. The summed E-state index contributed by atoms with van der Waals surface area (Å²) >= 11 is 0. The molecule has 0 aliphatic heterocycles. The molecule has 3 aromatic rings. The SMILES string of the molecule is COc1cc(C=N)cc(OC)c1OC.NC(=O)Cc1c[nH]c2ccccc12. The first kappa shape index (κ1) is 19.8. The van der Waals surface area contributed by atoms with E-state index in [9.17, 15) is 4.79 Å². The fourth-order valence-electron chi connectivity index (χ4n) is 2.65. The van der Waals surface area contributed by atoms with E-state index in [4.69, 9.17) is 25.4 Å². The van der Waals surface area contributed by atoms with Gasteiger partial charge in [-0.1, -0.05) is 18.2 Å². The average Bonchev–Trinajstić information content (AvgIpc) is 3.09. The van der Waals surface area contributed by atoms with E-state index in [1.807, 2.05) is 30.5 Å². The van der Waals surface area contributed by atoms with Gasteiger partial charge in [-0.15, -0.1) is 0 Å². The molecule has 1 amide bonds. The third-order valence-electron chi connectivity index (χ3n) is 3.89. The molecule has 0 saturated heterocycles. The summed E-state index contributed by atoms with van der Waals surface area (Å²) in [6.45, 7) is 0. The number of nitrogens with one attached hydrogen (secondary N) is 2. The van der Waals surface area contributed by atoms with Gasteiger partial charge in [0.05, 0.1) is 27.8 Å². The number of fused-ring (bicyclic) bond motifs is 1. The second kappa shape index (κ2) is 9.28. The molecular formula is C20H23N3O4. The van der Waals surface area contributed by atoms with Gasteiger partial charge in [0.15, 0.2) is 11.5 Å². The van der Waals surface area contributed by atoms with Gasteiger partial charge in [-0.3, -0.25) is 4.79 Å². The lowest BCUT2D eigenvalue weighted by atomic mass is 10.1. The fourth-order valence-corrected chi connectivity index (χ4v) is 2.65. The van der Waals surface area contributed by atoms with Crippen LogP contribution in [0.1, 0.15) is 11.1 Å². The minimum Gasteiger partial charge on any atom is -0.493 e. The highest BCUT2D eigenvalue weighted by molar-refractivity contribution is 5.88. The number of aromatic amines is 1. The van der Waals surface area contributed by atoms with Crippen LogP contribution in [0.4, 0.5) is 0 Å². The number of hydrogen-bond acceptors (Lipinski definition) is 5. The first-order chi connectivity index (χ1) is 13.0. The van der Waals surface area contributed by atoms with Gasteiger partial charge >= 0.3 is 0 Å². The van der Waals surface area contributed by atoms with Gasteiger partial charge in [-0.25, -0.2) is 0 Å². The zero-order valence-electron chi connectivity index (χ0n) is 15.5. The highest BCUT2D eigenvalue weighted by Gasteiger charge is 2.11. The molecule has 0 fully saturated rings. The summed E-state index contributed by atoms with van der Waals surface area (Å²) in [7, 11) is 4.64. The quantitative estimate of drug-likeness (QED) is 0.580. The maximum Gasteiger partial charge on any atom is 0.221 e. The predicted molar refractivity (Wildman–Crippen MR) is 105 cm³/mol. The molecule has 2 aromatic carbocycles. The summed E-state index contributed by atoms with van der Waals surface area (Å²) in [5.41, 5.74) is 7.83. The molecule has 27 heavy (non-hydrogen) atoms. The van der Waals surface area contributed by atoms with Crippen LogP contribution in [0.15, 0.2) is 42.6 Å². The van der Waals surface area contributed by atoms with Gasteiger partial charge in [-0.05, 0) is 29.3 Å². The van der Waals surface area contributed by atoms with Gasteiger partial charge < -0.3 is 30.3 Å². The van der Waals surface area contributed by atoms with Crippen molar-refractivity contribution in [2.45, 2.75) is 6.42 Å². The van der Waals surface area contributed by atoms with Crippen molar-refractivity contribution in [3.05, 3.63) is 53.7 Å². The Morgan fingerprint density at radius 3 is 2.26 bits per heavy atom. The van der Waals surface area contributed by atoms with E-state index in [0.29, 0.717) is 29.2 Å². The van der Waals surface area contributed by atoms with Crippen LogP contribution in [0, 0.1) is 5.41 Å². The average molecular weight is 369 g/mol. The standard InChI is InChI=1S/C10H10N2O.C10H13NO3/c11-10(13)5-7-6-12-9-4-2-1-3-8(7)9;1-12-8-4-7(6-11)5-9(13-2)10(8)14-3/h1-4,6,12H,5H2,(H2,11,13);4-6,11H,1-3H3. The van der Waals surface area contributed by atoms with Crippen molar-refractivity contribution >= 4 is 23.0 Å². The summed E-state index contributed by atoms with van der Waals surface area (Å²) in [5, 5.41) is 8.21. The van der Waals surface area contributed by atoms with E-state index in [0.717, 1.165) is 16.5 Å². The maximum absolute atomic E-state index is 10.7. The molecule has 4 N–H and O–H groups in total. The van der Waals surface area contributed by atoms with Crippen LogP contribution >= 0.6 is 0 Å². The Morgan fingerprint density at radius 1 is 1.11 bits per heavy atom. The van der Waals surface area contributed by atoms with E-state index in [2.05, 4.69) is 4.98 Å². The Balaban J connectivity index is 0.000000194. The number of carbonyl (C=O) groups is 1. The number of hydrogen-bond donors (Lipinski definition) is 3. The maximum atomic E-state index is 10.7. The smallest absolute Gasteiger partial charge is 0.221 e. The molecule has 0 spiro atoms. The number of ether oxygens (including phenoxy) is 3. The van der Waals surface area contributed by atoms with Gasteiger partial charge in [0.2, 0.25) is 11.7 Å². The van der Waals surface area contributed by atoms with Gasteiger partial charge in [0.25, 0.3) is 0 Å². The second-order valence-electron chi connectivity index (χ2n) is 5.61. The Hall–Kier alpha value is -3.48. The highest BCUT2D eigenvalue weighted by Crippen LogP contribution is 2.37. The zero-order valence-corrected chi connectivity index (χ0v) is 15.5. The summed E-state index contributed by atoms with van der Waals surface area (Å²) in [4.78, 5) is 13.8. The molecule has 142 valence electrons. The molecule has 3 rings (SSSR count). The molecule has 0 saturated carbocycles. The number of methoxy groups -OCH3 is 3. The minimum atomic E-state index is -0.301. The highest BCUT2D eigenvalue weighted by atomic mass is 16.5. The van der Waals surface area contributed by atoms with Crippen LogP contribution in [0.2, 0.25) is 0 Å².